The predicted octanol–water partition coefficient (Wildman–Crippen LogP) is 3.41. The van der Waals surface area contributed by atoms with Crippen molar-refractivity contribution in [2.75, 3.05) is 20.2 Å². The third-order valence-electron chi connectivity index (χ3n) is 5.68. The molecule has 1 aromatic heterocycles. The summed E-state index contributed by atoms with van der Waals surface area (Å²) in [6.07, 6.45) is 4.67. The second-order valence-electron chi connectivity index (χ2n) is 7.56. The van der Waals surface area contributed by atoms with Crippen LogP contribution in [0.4, 0.5) is 0 Å². The topological polar surface area (TPSA) is 58.6 Å². The lowest BCUT2D eigenvalue weighted by Crippen LogP contribution is -2.33. The highest BCUT2D eigenvalue weighted by molar-refractivity contribution is 7.14. The first-order chi connectivity index (χ1) is 13.6. The molecular formula is C22H26N2O3S. The molecule has 2 amide bonds. The Hall–Kier alpha value is -2.34. The van der Waals surface area contributed by atoms with E-state index in [-0.39, 0.29) is 17.7 Å². The summed E-state index contributed by atoms with van der Waals surface area (Å²) in [6.45, 7) is 2.27. The minimum Gasteiger partial charge on any atom is -0.497 e. The lowest BCUT2D eigenvalue weighted by molar-refractivity contribution is -0.125. The van der Waals surface area contributed by atoms with Gasteiger partial charge in [-0.1, -0.05) is 12.1 Å². The molecular weight excluding hydrogens is 372 g/mol. The number of nitrogens with one attached hydrogen (secondary N) is 1. The number of methoxy groups -OCH3 is 1. The summed E-state index contributed by atoms with van der Waals surface area (Å²) in [7, 11) is 1.64. The fourth-order valence-electron chi connectivity index (χ4n) is 4.01. The molecule has 1 atom stereocenters. The highest BCUT2D eigenvalue weighted by atomic mass is 32.1. The molecule has 4 rings (SSSR count). The van der Waals surface area contributed by atoms with Crippen molar-refractivity contribution in [1.29, 1.82) is 0 Å². The number of amides is 2. The van der Waals surface area contributed by atoms with Crippen molar-refractivity contribution in [3.63, 3.8) is 0 Å². The molecule has 1 N–H and O–H groups in total. The third kappa shape index (κ3) is 4.07. The van der Waals surface area contributed by atoms with E-state index >= 15 is 0 Å². The number of likely N-dealkylation sites (tertiary alicyclic amines) is 1. The molecule has 2 aliphatic rings. The van der Waals surface area contributed by atoms with Crippen LogP contribution in [0.25, 0.3) is 0 Å². The second-order valence-corrected chi connectivity index (χ2v) is 8.70. The van der Waals surface area contributed by atoms with Gasteiger partial charge in [-0.05, 0) is 61.4 Å². The molecule has 0 spiro atoms. The van der Waals surface area contributed by atoms with Crippen LogP contribution in [-0.2, 0) is 24.2 Å². The number of carbonyl (C=O) groups excluding carboxylic acids is 2. The van der Waals surface area contributed by atoms with E-state index in [4.69, 9.17) is 4.74 Å². The number of fused-ring (bicyclic) bond motifs is 1. The Morgan fingerprint density at radius 1 is 1.21 bits per heavy atom. The molecule has 2 aromatic rings. The zero-order chi connectivity index (χ0) is 19.5. The van der Waals surface area contributed by atoms with Gasteiger partial charge in [0.15, 0.2) is 0 Å². The first-order valence-electron chi connectivity index (χ1n) is 9.95. The van der Waals surface area contributed by atoms with Gasteiger partial charge in [-0.2, -0.15) is 0 Å². The molecule has 0 bridgehead atoms. The van der Waals surface area contributed by atoms with Crippen molar-refractivity contribution in [2.45, 2.75) is 38.6 Å². The molecule has 6 heteroatoms. The molecule has 28 heavy (non-hydrogen) atoms. The maximum absolute atomic E-state index is 12.6. The summed E-state index contributed by atoms with van der Waals surface area (Å²) in [5.74, 6) is 1.05. The van der Waals surface area contributed by atoms with Gasteiger partial charge in [0.2, 0.25) is 5.91 Å². The molecule has 148 valence electrons. The molecule has 1 fully saturated rings. The number of rotatable bonds is 5. The normalized spacial score (nSPS) is 18.6. The summed E-state index contributed by atoms with van der Waals surface area (Å²) >= 11 is 1.62. The van der Waals surface area contributed by atoms with Crippen LogP contribution < -0.4 is 10.1 Å². The fourth-order valence-corrected chi connectivity index (χ4v) is 5.18. The minimum atomic E-state index is -0.0184. The summed E-state index contributed by atoms with van der Waals surface area (Å²) in [6, 6.07) is 9.77. The average molecular weight is 399 g/mol. The number of nitrogens with zero attached hydrogens (tertiary/aromatic N) is 1. The summed E-state index contributed by atoms with van der Waals surface area (Å²) < 4.78 is 5.16. The Morgan fingerprint density at radius 3 is 2.68 bits per heavy atom. The van der Waals surface area contributed by atoms with Gasteiger partial charge in [0.1, 0.15) is 5.75 Å². The van der Waals surface area contributed by atoms with Crippen molar-refractivity contribution in [2.24, 2.45) is 5.92 Å². The van der Waals surface area contributed by atoms with E-state index in [9.17, 15) is 9.59 Å². The molecule has 1 aliphatic carbocycles. The van der Waals surface area contributed by atoms with Gasteiger partial charge >= 0.3 is 0 Å². The van der Waals surface area contributed by atoms with Crippen LogP contribution in [-0.4, -0.2) is 36.9 Å². The maximum atomic E-state index is 12.6. The highest BCUT2D eigenvalue weighted by Crippen LogP contribution is 2.33. The molecule has 2 heterocycles. The Labute approximate surface area is 169 Å². The molecule has 0 saturated carbocycles. The van der Waals surface area contributed by atoms with E-state index in [1.807, 2.05) is 35.2 Å². The molecule has 0 radical (unpaired) electrons. The van der Waals surface area contributed by atoms with Crippen LogP contribution in [0.2, 0.25) is 0 Å². The van der Waals surface area contributed by atoms with Crippen LogP contribution in [0.3, 0.4) is 0 Å². The van der Waals surface area contributed by atoms with E-state index in [1.165, 1.54) is 10.4 Å². The fraction of sp³-hybridized carbons (Fsp3) is 0.455. The summed E-state index contributed by atoms with van der Waals surface area (Å²) in [5.41, 5.74) is 2.24. The molecule has 0 unspecified atom stereocenters. The van der Waals surface area contributed by atoms with Gasteiger partial charge in [0, 0.05) is 30.4 Å². The lowest BCUT2D eigenvalue weighted by atomic mass is 9.87. The Bertz CT molecular complexity index is 853. The number of benzene rings is 1. The van der Waals surface area contributed by atoms with Gasteiger partial charge in [-0.15, -0.1) is 11.3 Å². The second kappa shape index (κ2) is 8.35. The lowest BCUT2D eigenvalue weighted by Gasteiger charge is -2.21. The van der Waals surface area contributed by atoms with Gasteiger partial charge in [-0.3, -0.25) is 9.59 Å². The van der Waals surface area contributed by atoms with Crippen molar-refractivity contribution in [1.82, 2.24) is 10.2 Å². The van der Waals surface area contributed by atoms with Crippen molar-refractivity contribution < 1.29 is 14.3 Å². The summed E-state index contributed by atoms with van der Waals surface area (Å²) in [5, 5.41) is 3.06. The van der Waals surface area contributed by atoms with E-state index in [0.717, 1.165) is 61.4 Å². The Balaban J connectivity index is 1.35. The smallest absolute Gasteiger partial charge is 0.263 e. The van der Waals surface area contributed by atoms with Gasteiger partial charge < -0.3 is 15.0 Å². The largest absolute Gasteiger partial charge is 0.497 e. The minimum absolute atomic E-state index is 0.0184. The maximum Gasteiger partial charge on any atom is 0.263 e. The zero-order valence-electron chi connectivity index (χ0n) is 16.2. The monoisotopic (exact) mass is 398 g/mol. The van der Waals surface area contributed by atoms with Crippen LogP contribution in [0.15, 0.2) is 30.3 Å². The molecule has 1 aliphatic heterocycles. The van der Waals surface area contributed by atoms with Crippen LogP contribution in [0.1, 0.15) is 44.9 Å². The SMILES string of the molecule is COc1ccc(CNC(=O)[C@@H]2CCc3sc(C(=O)N4CCCC4)cc3C2)cc1. The van der Waals surface area contributed by atoms with Crippen molar-refractivity contribution in [3.8, 4) is 5.75 Å². The first-order valence-corrected chi connectivity index (χ1v) is 10.8. The number of thiophene rings is 1. The van der Waals surface area contributed by atoms with Crippen LogP contribution in [0.5, 0.6) is 5.75 Å². The van der Waals surface area contributed by atoms with E-state index in [2.05, 4.69) is 5.32 Å². The number of hydrogen-bond donors (Lipinski definition) is 1. The van der Waals surface area contributed by atoms with Crippen molar-refractivity contribution >= 4 is 23.2 Å². The zero-order valence-corrected chi connectivity index (χ0v) is 17.0. The highest BCUT2D eigenvalue weighted by Gasteiger charge is 2.29. The number of hydrogen-bond acceptors (Lipinski definition) is 4. The third-order valence-corrected chi connectivity index (χ3v) is 6.91. The number of ether oxygens (including phenoxy) is 1. The van der Waals surface area contributed by atoms with E-state index in [1.54, 1.807) is 18.4 Å². The van der Waals surface area contributed by atoms with E-state index < -0.39 is 0 Å². The van der Waals surface area contributed by atoms with Crippen LogP contribution in [0, 0.1) is 5.92 Å². The molecule has 1 aromatic carbocycles. The summed E-state index contributed by atoms with van der Waals surface area (Å²) in [4.78, 5) is 29.4. The molecule has 5 nitrogen and oxygen atoms in total. The first kappa shape index (κ1) is 19.0. The Morgan fingerprint density at radius 2 is 1.96 bits per heavy atom. The van der Waals surface area contributed by atoms with Gasteiger partial charge in [0.05, 0.1) is 12.0 Å². The van der Waals surface area contributed by atoms with Gasteiger partial charge in [-0.25, -0.2) is 0 Å². The van der Waals surface area contributed by atoms with E-state index in [0.29, 0.717) is 6.54 Å². The molecule has 1 saturated heterocycles. The number of aryl methyl sites for hydroxylation is 1. The standard InChI is InChI=1S/C22H26N2O3S/c1-27-18-7-4-15(5-8-18)14-23-21(25)16-6-9-19-17(12-16)13-20(28-19)22(26)24-10-2-3-11-24/h4-5,7-8,13,16H,2-3,6,9-12,14H2,1H3,(H,23,25)/t16-/m1/s1. The van der Waals surface area contributed by atoms with Crippen LogP contribution >= 0.6 is 11.3 Å². The average Bonchev–Trinajstić information content (AvgIpc) is 3.41. The number of carbonyl (C=O) groups is 2. The predicted molar refractivity (Wildman–Crippen MR) is 110 cm³/mol. The quantitative estimate of drug-likeness (QED) is 0.840. The Kier molecular flexibility index (Phi) is 5.67. The van der Waals surface area contributed by atoms with Gasteiger partial charge in [0.25, 0.3) is 5.91 Å². The van der Waals surface area contributed by atoms with Crippen molar-refractivity contribution in [3.05, 3.63) is 51.2 Å².